The Balaban J connectivity index is 1.66. The molecule has 1 aliphatic carbocycles. The van der Waals surface area contributed by atoms with Gasteiger partial charge in [0.1, 0.15) is 6.10 Å². The molecule has 4 unspecified atom stereocenters. The van der Waals surface area contributed by atoms with Gasteiger partial charge in [0.25, 0.3) is 0 Å². The van der Waals surface area contributed by atoms with E-state index in [1.54, 1.807) is 12.1 Å². The summed E-state index contributed by atoms with van der Waals surface area (Å²) in [5.74, 6) is -4.15. The summed E-state index contributed by atoms with van der Waals surface area (Å²) >= 11 is 0. The molecule has 10 nitrogen and oxygen atoms in total. The highest BCUT2D eigenvalue weighted by Gasteiger charge is 2.82. The van der Waals surface area contributed by atoms with Gasteiger partial charge in [0.2, 0.25) is 17.1 Å². The van der Waals surface area contributed by atoms with Crippen molar-refractivity contribution in [2.45, 2.75) is 36.9 Å². The van der Waals surface area contributed by atoms with Gasteiger partial charge in [-0.2, -0.15) is 15.8 Å². The summed E-state index contributed by atoms with van der Waals surface area (Å²) in [7, 11) is 1.26. The fourth-order valence-corrected chi connectivity index (χ4v) is 5.76. The number of esters is 1. The van der Waals surface area contributed by atoms with Crippen LogP contribution in [0.3, 0.4) is 0 Å². The second kappa shape index (κ2) is 7.00. The molecule has 1 N–H and O–H groups in total. The smallest absolute Gasteiger partial charge is 0.337 e. The fraction of sp³-hybridized carbons (Fsp3) is 0.522. The molecule has 4 aliphatic rings. The number of nitrogens with zero attached hydrogens (tertiary/aromatic N) is 3. The number of benzene rings is 1. The molecule has 1 aromatic rings. The van der Waals surface area contributed by atoms with Gasteiger partial charge in [-0.3, -0.25) is 5.41 Å². The van der Waals surface area contributed by atoms with Crippen molar-refractivity contribution in [3.05, 3.63) is 35.4 Å². The Morgan fingerprint density at radius 3 is 2.33 bits per heavy atom. The number of carbonyl (C=O) groups is 1. The summed E-state index contributed by atoms with van der Waals surface area (Å²) in [6.07, 6.45) is -0.370. The first-order chi connectivity index (χ1) is 15.9. The first-order valence-electron chi connectivity index (χ1n) is 10.5. The molecule has 0 aromatic heterocycles. The van der Waals surface area contributed by atoms with E-state index in [1.807, 2.05) is 12.1 Å². The third-order valence-corrected chi connectivity index (χ3v) is 7.37. The van der Waals surface area contributed by atoms with Crippen molar-refractivity contribution in [3.63, 3.8) is 0 Å². The maximum absolute atomic E-state index is 11.8. The van der Waals surface area contributed by atoms with E-state index in [-0.39, 0.29) is 18.4 Å². The highest BCUT2D eigenvalue weighted by atomic mass is 16.7. The average molecular weight is 448 g/mol. The van der Waals surface area contributed by atoms with Crippen LogP contribution in [0.2, 0.25) is 0 Å². The molecule has 33 heavy (non-hydrogen) atoms. The number of nitrogens with one attached hydrogen (secondary N) is 1. The van der Waals surface area contributed by atoms with Crippen LogP contribution in [0.5, 0.6) is 0 Å². The molecule has 4 fully saturated rings. The summed E-state index contributed by atoms with van der Waals surface area (Å²) in [5, 5.41) is 39.8. The molecule has 3 aliphatic heterocycles. The normalized spacial score (nSPS) is 34.9. The molecule has 1 saturated carbocycles. The molecular formula is C23H20N4O6. The lowest BCUT2D eigenvalue weighted by atomic mass is 9.51. The summed E-state index contributed by atoms with van der Waals surface area (Å²) in [6.45, 7) is 0.796. The van der Waals surface area contributed by atoms with Crippen LogP contribution in [0.1, 0.15) is 41.3 Å². The molecule has 5 rings (SSSR count). The number of carbonyl (C=O) groups excluding carboxylic acids is 1. The molecular weight excluding hydrogens is 428 g/mol. The van der Waals surface area contributed by atoms with E-state index < -0.39 is 46.3 Å². The topological polar surface area (TPSA) is 158 Å². The Morgan fingerprint density at radius 2 is 1.76 bits per heavy atom. The lowest BCUT2D eigenvalue weighted by Gasteiger charge is -2.54. The van der Waals surface area contributed by atoms with Crippen LogP contribution in [0, 0.1) is 56.2 Å². The predicted octanol–water partition coefficient (Wildman–Crippen LogP) is 2.34. The Labute approximate surface area is 189 Å². The van der Waals surface area contributed by atoms with Crippen molar-refractivity contribution >= 4 is 11.9 Å². The van der Waals surface area contributed by atoms with Crippen molar-refractivity contribution in [1.29, 1.82) is 21.2 Å². The van der Waals surface area contributed by atoms with Crippen LogP contribution in [0.4, 0.5) is 0 Å². The number of hydrogen-bond donors (Lipinski definition) is 1. The molecule has 4 atom stereocenters. The summed E-state index contributed by atoms with van der Waals surface area (Å²) in [6, 6.07) is 12.3. The lowest BCUT2D eigenvalue weighted by molar-refractivity contribution is -0.330. The minimum atomic E-state index is -2.09. The third-order valence-electron chi connectivity index (χ3n) is 7.37. The summed E-state index contributed by atoms with van der Waals surface area (Å²) in [4.78, 5) is 11.8. The highest BCUT2D eigenvalue weighted by molar-refractivity contribution is 5.90. The van der Waals surface area contributed by atoms with Crippen molar-refractivity contribution in [3.8, 4) is 18.2 Å². The van der Waals surface area contributed by atoms with Crippen molar-refractivity contribution in [1.82, 2.24) is 0 Å². The highest BCUT2D eigenvalue weighted by Crippen LogP contribution is 2.70. The lowest BCUT2D eigenvalue weighted by Crippen LogP contribution is -2.63. The Kier molecular flexibility index (Phi) is 4.53. The van der Waals surface area contributed by atoms with Crippen LogP contribution >= 0.6 is 0 Å². The molecule has 1 aromatic carbocycles. The number of methoxy groups -OCH3 is 1. The first-order valence-corrected chi connectivity index (χ1v) is 10.5. The van der Waals surface area contributed by atoms with Crippen molar-refractivity contribution in [2.24, 2.45) is 16.7 Å². The Bertz CT molecular complexity index is 1140. The minimum Gasteiger partial charge on any atom is -0.465 e. The molecule has 168 valence electrons. The van der Waals surface area contributed by atoms with Gasteiger partial charge in [0, 0.05) is 19.3 Å². The van der Waals surface area contributed by atoms with E-state index in [0.717, 1.165) is 0 Å². The van der Waals surface area contributed by atoms with Gasteiger partial charge in [0.15, 0.2) is 11.2 Å². The van der Waals surface area contributed by atoms with E-state index in [2.05, 4.69) is 6.07 Å². The molecule has 3 saturated heterocycles. The van der Waals surface area contributed by atoms with Crippen LogP contribution < -0.4 is 0 Å². The van der Waals surface area contributed by atoms with E-state index >= 15 is 0 Å². The van der Waals surface area contributed by atoms with Crippen LogP contribution in [-0.4, -0.2) is 43.8 Å². The number of nitriles is 3. The quantitative estimate of drug-likeness (QED) is 0.670. The second-order valence-electron chi connectivity index (χ2n) is 8.67. The third kappa shape index (κ3) is 2.50. The van der Waals surface area contributed by atoms with Crippen LogP contribution in [0.15, 0.2) is 24.3 Å². The van der Waals surface area contributed by atoms with Gasteiger partial charge in [-0.05, 0) is 17.7 Å². The van der Waals surface area contributed by atoms with Gasteiger partial charge in [-0.1, -0.05) is 12.1 Å². The van der Waals surface area contributed by atoms with Gasteiger partial charge in [-0.15, -0.1) is 0 Å². The zero-order valence-corrected chi connectivity index (χ0v) is 17.8. The monoisotopic (exact) mass is 448 g/mol. The van der Waals surface area contributed by atoms with Gasteiger partial charge in [-0.25, -0.2) is 4.79 Å². The molecule has 2 bridgehead atoms. The first kappa shape index (κ1) is 21.4. The van der Waals surface area contributed by atoms with Crippen molar-refractivity contribution in [2.75, 3.05) is 20.3 Å². The average Bonchev–Trinajstić information content (AvgIpc) is 3.38. The maximum Gasteiger partial charge on any atom is 0.337 e. The van der Waals surface area contributed by atoms with Crippen molar-refractivity contribution < 1.29 is 28.5 Å². The predicted molar refractivity (Wildman–Crippen MR) is 107 cm³/mol. The number of hydrogen-bond acceptors (Lipinski definition) is 10. The van der Waals surface area contributed by atoms with E-state index in [0.29, 0.717) is 25.2 Å². The van der Waals surface area contributed by atoms with Gasteiger partial charge in [0.05, 0.1) is 50.0 Å². The Hall–Kier alpha value is -3.49. The van der Waals surface area contributed by atoms with Crippen LogP contribution in [-0.2, 0) is 23.7 Å². The van der Waals surface area contributed by atoms with E-state index in [9.17, 15) is 20.6 Å². The standard InChI is InChI=1S/C23H20N4O6/c1-29-18(28)15-4-2-14(3-5-15)17-20(11-24,12-25)22(13-26)16-10-21(30-8-9-31-21)6-7-23(16,32-17)33-19(22)27/h2-5,16-17,27H,6-10H2,1H3. The summed E-state index contributed by atoms with van der Waals surface area (Å²) < 4.78 is 28.7. The molecule has 10 heteroatoms. The minimum absolute atomic E-state index is 0.155. The SMILES string of the molecule is COC(=O)c1ccc(C2OC34CCC5(CC3C(C#N)(C(=N)O4)C2(C#N)C#N)OCCO5)cc1. The summed E-state index contributed by atoms with van der Waals surface area (Å²) in [5.41, 5.74) is -3.30. The molecule has 3 heterocycles. The zero-order valence-electron chi connectivity index (χ0n) is 17.8. The number of rotatable bonds is 2. The van der Waals surface area contributed by atoms with Gasteiger partial charge < -0.3 is 23.7 Å². The fourth-order valence-electron chi connectivity index (χ4n) is 5.76. The Morgan fingerprint density at radius 1 is 1.09 bits per heavy atom. The van der Waals surface area contributed by atoms with E-state index in [4.69, 9.17) is 29.1 Å². The van der Waals surface area contributed by atoms with E-state index in [1.165, 1.54) is 19.2 Å². The zero-order chi connectivity index (χ0) is 23.5. The second-order valence-corrected chi connectivity index (χ2v) is 8.67. The molecule has 1 spiro atoms. The number of ether oxygens (including phenoxy) is 5. The maximum atomic E-state index is 11.8. The van der Waals surface area contributed by atoms with Gasteiger partial charge >= 0.3 is 5.97 Å². The van der Waals surface area contributed by atoms with Crippen LogP contribution in [0.25, 0.3) is 0 Å². The molecule has 0 radical (unpaired) electrons. The largest absolute Gasteiger partial charge is 0.465 e. The molecule has 0 amide bonds.